The van der Waals surface area contributed by atoms with E-state index in [2.05, 4.69) is 15.7 Å². The number of aromatic nitrogens is 2. The summed E-state index contributed by atoms with van der Waals surface area (Å²) < 4.78 is 1.67. The topological polar surface area (TPSA) is 76.0 Å². The lowest BCUT2D eigenvalue weighted by atomic mass is 10.0. The number of amides is 2. The van der Waals surface area contributed by atoms with Crippen LogP contribution in [-0.4, -0.2) is 21.6 Å². The van der Waals surface area contributed by atoms with Crippen LogP contribution in [0.1, 0.15) is 36.2 Å². The Hall–Kier alpha value is -3.41. The first-order valence-corrected chi connectivity index (χ1v) is 9.82. The van der Waals surface area contributed by atoms with Crippen LogP contribution in [0.5, 0.6) is 0 Å². The molecule has 3 aromatic rings. The molecule has 1 unspecified atom stereocenters. The van der Waals surface area contributed by atoms with E-state index in [0.717, 1.165) is 40.1 Å². The summed E-state index contributed by atoms with van der Waals surface area (Å²) in [5, 5.41) is 10.5. The molecule has 0 fully saturated rings. The summed E-state index contributed by atoms with van der Waals surface area (Å²) in [7, 11) is 0. The third-order valence-electron chi connectivity index (χ3n) is 5.10. The maximum Gasteiger partial charge on any atom is 0.251 e. The van der Waals surface area contributed by atoms with E-state index in [-0.39, 0.29) is 18.2 Å². The molecule has 0 aliphatic carbocycles. The predicted molar refractivity (Wildman–Crippen MR) is 114 cm³/mol. The van der Waals surface area contributed by atoms with Gasteiger partial charge in [-0.1, -0.05) is 43.3 Å². The molecule has 148 valence electrons. The number of aryl methyl sites for hydroxylation is 3. The van der Waals surface area contributed by atoms with Crippen molar-refractivity contribution in [3.05, 3.63) is 65.4 Å². The lowest BCUT2D eigenvalue weighted by molar-refractivity contribution is -0.123. The number of anilines is 2. The van der Waals surface area contributed by atoms with Crippen LogP contribution < -0.4 is 10.6 Å². The second kappa shape index (κ2) is 7.54. The number of nitrogens with one attached hydrogen (secondary N) is 2. The number of rotatable bonds is 5. The van der Waals surface area contributed by atoms with Gasteiger partial charge in [0.1, 0.15) is 11.9 Å². The Kier molecular flexibility index (Phi) is 4.92. The first-order chi connectivity index (χ1) is 14.0. The fourth-order valence-electron chi connectivity index (χ4n) is 3.91. The van der Waals surface area contributed by atoms with Crippen LogP contribution in [0, 0.1) is 13.8 Å². The van der Waals surface area contributed by atoms with Gasteiger partial charge in [0.2, 0.25) is 5.91 Å². The van der Waals surface area contributed by atoms with E-state index in [1.165, 1.54) is 0 Å². The van der Waals surface area contributed by atoms with E-state index in [0.29, 0.717) is 5.82 Å². The molecule has 6 heteroatoms. The molecule has 4 rings (SSSR count). The SMILES string of the molecule is CCc1nn2c(c1-c1ccccc1)NC(=O)C2CC(=O)Nc1cc(C)cc(C)c1. The number of carbonyl (C=O) groups is 2. The molecule has 0 bridgehead atoms. The molecule has 0 saturated carbocycles. The summed E-state index contributed by atoms with van der Waals surface area (Å²) in [6.45, 7) is 6.01. The zero-order chi connectivity index (χ0) is 20.5. The van der Waals surface area contributed by atoms with Crippen molar-refractivity contribution < 1.29 is 9.59 Å². The first-order valence-electron chi connectivity index (χ1n) is 9.82. The van der Waals surface area contributed by atoms with Gasteiger partial charge in [0.15, 0.2) is 0 Å². The molecule has 1 aliphatic rings. The van der Waals surface area contributed by atoms with Crippen molar-refractivity contribution in [1.82, 2.24) is 9.78 Å². The summed E-state index contributed by atoms with van der Waals surface area (Å²) in [6.07, 6.45) is 0.770. The second-order valence-electron chi connectivity index (χ2n) is 7.47. The summed E-state index contributed by atoms with van der Waals surface area (Å²) in [5.74, 6) is 0.253. The van der Waals surface area contributed by atoms with Gasteiger partial charge in [0.25, 0.3) is 5.91 Å². The van der Waals surface area contributed by atoms with E-state index in [1.807, 2.05) is 69.3 Å². The lowest BCUT2D eigenvalue weighted by Crippen LogP contribution is -2.24. The summed E-state index contributed by atoms with van der Waals surface area (Å²) in [4.78, 5) is 25.3. The molecule has 1 atom stereocenters. The van der Waals surface area contributed by atoms with Crippen LogP contribution in [0.3, 0.4) is 0 Å². The summed E-state index contributed by atoms with van der Waals surface area (Å²) in [5.41, 5.74) is 5.74. The molecule has 2 heterocycles. The van der Waals surface area contributed by atoms with E-state index >= 15 is 0 Å². The van der Waals surface area contributed by atoms with Crippen LogP contribution in [-0.2, 0) is 16.0 Å². The zero-order valence-corrected chi connectivity index (χ0v) is 16.8. The minimum Gasteiger partial charge on any atom is -0.326 e. The van der Waals surface area contributed by atoms with Gasteiger partial charge >= 0.3 is 0 Å². The number of benzene rings is 2. The van der Waals surface area contributed by atoms with Gasteiger partial charge in [-0.2, -0.15) is 5.10 Å². The highest BCUT2D eigenvalue weighted by Gasteiger charge is 2.36. The van der Waals surface area contributed by atoms with Gasteiger partial charge in [0.05, 0.1) is 12.1 Å². The van der Waals surface area contributed by atoms with E-state index in [4.69, 9.17) is 0 Å². The first kappa shape index (κ1) is 18.9. The maximum atomic E-state index is 12.6. The molecular weight excluding hydrogens is 364 g/mol. The fraction of sp³-hybridized carbons (Fsp3) is 0.261. The zero-order valence-electron chi connectivity index (χ0n) is 16.8. The quantitative estimate of drug-likeness (QED) is 0.686. The van der Waals surface area contributed by atoms with Crippen LogP contribution >= 0.6 is 0 Å². The van der Waals surface area contributed by atoms with Crippen molar-refractivity contribution in [3.63, 3.8) is 0 Å². The molecule has 0 saturated heterocycles. The number of hydrogen-bond donors (Lipinski definition) is 2. The normalized spacial score (nSPS) is 15.1. The smallest absolute Gasteiger partial charge is 0.251 e. The van der Waals surface area contributed by atoms with Gasteiger partial charge in [-0.05, 0) is 49.1 Å². The third-order valence-corrected chi connectivity index (χ3v) is 5.10. The van der Waals surface area contributed by atoms with Crippen LogP contribution in [0.15, 0.2) is 48.5 Å². The molecule has 1 aromatic heterocycles. The van der Waals surface area contributed by atoms with Gasteiger partial charge in [0, 0.05) is 11.3 Å². The molecular formula is C23H24N4O2. The van der Waals surface area contributed by atoms with Crippen molar-refractivity contribution in [2.75, 3.05) is 10.6 Å². The lowest BCUT2D eigenvalue weighted by Gasteiger charge is -2.11. The number of carbonyl (C=O) groups excluding carboxylic acids is 2. The Morgan fingerprint density at radius 2 is 1.83 bits per heavy atom. The maximum absolute atomic E-state index is 12.6. The van der Waals surface area contributed by atoms with Crippen LogP contribution in [0.25, 0.3) is 11.1 Å². The van der Waals surface area contributed by atoms with Crippen LogP contribution in [0.4, 0.5) is 11.5 Å². The third kappa shape index (κ3) is 3.66. The van der Waals surface area contributed by atoms with Crippen molar-refractivity contribution in [1.29, 1.82) is 0 Å². The molecule has 2 aromatic carbocycles. The van der Waals surface area contributed by atoms with Crippen molar-refractivity contribution in [3.8, 4) is 11.1 Å². The van der Waals surface area contributed by atoms with Crippen LogP contribution in [0.2, 0.25) is 0 Å². The average molecular weight is 388 g/mol. The Bertz CT molecular complexity index is 1070. The molecule has 6 nitrogen and oxygen atoms in total. The van der Waals surface area contributed by atoms with Gasteiger partial charge in [-0.15, -0.1) is 0 Å². The Morgan fingerprint density at radius 3 is 2.48 bits per heavy atom. The number of hydrogen-bond acceptors (Lipinski definition) is 3. The molecule has 29 heavy (non-hydrogen) atoms. The van der Waals surface area contributed by atoms with Gasteiger partial charge in [-0.25, -0.2) is 4.68 Å². The minimum absolute atomic E-state index is 0.0326. The summed E-state index contributed by atoms with van der Waals surface area (Å²) in [6, 6.07) is 15.1. The highest BCUT2D eigenvalue weighted by molar-refractivity contribution is 6.04. The highest BCUT2D eigenvalue weighted by atomic mass is 16.2. The number of nitrogens with zero attached hydrogens (tertiary/aromatic N) is 2. The molecule has 2 N–H and O–H groups in total. The largest absolute Gasteiger partial charge is 0.326 e. The summed E-state index contributed by atoms with van der Waals surface area (Å²) >= 11 is 0. The fourth-order valence-corrected chi connectivity index (χ4v) is 3.91. The van der Waals surface area contributed by atoms with Crippen molar-refractivity contribution in [2.45, 2.75) is 39.7 Å². The van der Waals surface area contributed by atoms with Crippen molar-refractivity contribution >= 4 is 23.3 Å². The van der Waals surface area contributed by atoms with Gasteiger partial charge < -0.3 is 10.6 Å². The standard InChI is InChI=1S/C23H24N4O2/c1-4-18-21(16-8-6-5-7-9-16)22-25-23(29)19(27(22)26-18)13-20(28)24-17-11-14(2)10-15(3)12-17/h5-12,19H,4,13H2,1-3H3,(H,24,28)(H,25,29). The van der Waals surface area contributed by atoms with Crippen molar-refractivity contribution in [2.24, 2.45) is 0 Å². The van der Waals surface area contributed by atoms with E-state index in [1.54, 1.807) is 4.68 Å². The monoisotopic (exact) mass is 388 g/mol. The van der Waals surface area contributed by atoms with Gasteiger partial charge in [-0.3, -0.25) is 9.59 Å². The average Bonchev–Trinajstić information content (AvgIpc) is 3.17. The Balaban J connectivity index is 1.60. The Morgan fingerprint density at radius 1 is 1.14 bits per heavy atom. The molecule has 0 radical (unpaired) electrons. The Labute approximate surface area is 169 Å². The molecule has 2 amide bonds. The predicted octanol–water partition coefficient (Wildman–Crippen LogP) is 4.25. The van der Waals surface area contributed by atoms with E-state index in [9.17, 15) is 9.59 Å². The van der Waals surface area contributed by atoms with E-state index < -0.39 is 6.04 Å². The number of fused-ring (bicyclic) bond motifs is 1. The molecule has 1 aliphatic heterocycles. The molecule has 0 spiro atoms. The second-order valence-corrected chi connectivity index (χ2v) is 7.47. The minimum atomic E-state index is -0.654. The highest BCUT2D eigenvalue weighted by Crippen LogP contribution is 2.38.